The van der Waals surface area contributed by atoms with Crippen LogP contribution in [0.3, 0.4) is 0 Å². The van der Waals surface area contributed by atoms with Crippen LogP contribution in [0.25, 0.3) is 0 Å². The van der Waals surface area contributed by atoms with Crippen molar-refractivity contribution in [2.75, 3.05) is 13.2 Å². The molecule has 0 aromatic rings. The first-order valence-electron chi connectivity index (χ1n) is 3.99. The fraction of sp³-hybridized carbons (Fsp3) is 1.00. The van der Waals surface area contributed by atoms with Crippen molar-refractivity contribution in [3.05, 3.63) is 0 Å². The van der Waals surface area contributed by atoms with Gasteiger partial charge < -0.3 is 10.2 Å². The van der Waals surface area contributed by atoms with Gasteiger partial charge in [0.15, 0.2) is 0 Å². The molecule has 0 amide bonds. The standard InChI is InChI=1S/2C4H9O.Mo/c2*1-2-3-4-5;/h2*2-4H2,1H3;/q2*-1;+2. The molecule has 0 aliphatic rings. The Hall–Kier alpha value is 0.608. The van der Waals surface area contributed by atoms with Gasteiger partial charge in [0, 0.05) is 0 Å². The zero-order valence-corrected chi connectivity index (χ0v) is 9.47. The summed E-state index contributed by atoms with van der Waals surface area (Å²) in [6.07, 6.45) is 3.73. The average molecular weight is 242 g/mol. The van der Waals surface area contributed by atoms with Crippen molar-refractivity contribution < 1.29 is 31.3 Å². The fourth-order valence-corrected chi connectivity index (χ4v) is 0.289. The first kappa shape index (κ1) is 17.6. The molecule has 0 bridgehead atoms. The monoisotopic (exact) mass is 244 g/mol. The van der Waals surface area contributed by atoms with Crippen LogP contribution in [0.15, 0.2) is 0 Å². The van der Waals surface area contributed by atoms with Crippen LogP contribution in [-0.4, -0.2) is 13.2 Å². The summed E-state index contributed by atoms with van der Waals surface area (Å²) in [6.45, 7) is 4.21. The molecule has 0 N–H and O–H groups in total. The third-order valence-corrected chi connectivity index (χ3v) is 0.996. The summed E-state index contributed by atoms with van der Waals surface area (Å²) in [7, 11) is 0. The Morgan fingerprint density at radius 1 is 0.818 bits per heavy atom. The molecule has 0 aliphatic heterocycles. The summed E-state index contributed by atoms with van der Waals surface area (Å²) in [6, 6.07) is 0. The second kappa shape index (κ2) is 22.4. The quantitative estimate of drug-likeness (QED) is 0.665. The van der Waals surface area contributed by atoms with Gasteiger partial charge in [-0.3, -0.25) is 0 Å². The van der Waals surface area contributed by atoms with E-state index < -0.39 is 0 Å². The maximum Gasteiger partial charge on any atom is 2.00 e. The number of rotatable bonds is 4. The topological polar surface area (TPSA) is 46.1 Å². The van der Waals surface area contributed by atoms with E-state index in [0.717, 1.165) is 25.7 Å². The van der Waals surface area contributed by atoms with Gasteiger partial charge >= 0.3 is 21.1 Å². The summed E-state index contributed by atoms with van der Waals surface area (Å²) < 4.78 is 0. The zero-order chi connectivity index (χ0) is 8.24. The first-order chi connectivity index (χ1) is 4.83. The van der Waals surface area contributed by atoms with Crippen LogP contribution in [0.2, 0.25) is 0 Å². The third kappa shape index (κ3) is 37.0. The van der Waals surface area contributed by atoms with Crippen molar-refractivity contribution in [3.63, 3.8) is 0 Å². The van der Waals surface area contributed by atoms with Gasteiger partial charge in [-0.2, -0.15) is 0 Å². The smallest absolute Gasteiger partial charge is 0.854 e. The number of hydrogen-bond acceptors (Lipinski definition) is 2. The van der Waals surface area contributed by atoms with Gasteiger partial charge in [0.05, 0.1) is 0 Å². The van der Waals surface area contributed by atoms with E-state index in [1.807, 2.05) is 13.8 Å². The maximum absolute atomic E-state index is 9.53. The van der Waals surface area contributed by atoms with Gasteiger partial charge in [-0.25, -0.2) is 0 Å². The van der Waals surface area contributed by atoms with E-state index in [4.69, 9.17) is 0 Å². The molecule has 0 saturated heterocycles. The molecule has 0 rings (SSSR count). The summed E-state index contributed by atoms with van der Waals surface area (Å²) in [5, 5.41) is 19.1. The van der Waals surface area contributed by atoms with Crippen LogP contribution in [0.1, 0.15) is 39.5 Å². The van der Waals surface area contributed by atoms with E-state index in [2.05, 4.69) is 0 Å². The van der Waals surface area contributed by atoms with Crippen LogP contribution < -0.4 is 10.2 Å². The van der Waals surface area contributed by atoms with Gasteiger partial charge in [0.1, 0.15) is 0 Å². The predicted molar refractivity (Wildman–Crippen MR) is 39.6 cm³/mol. The van der Waals surface area contributed by atoms with Crippen LogP contribution in [-0.2, 0) is 21.1 Å². The molecule has 0 saturated carbocycles. The van der Waals surface area contributed by atoms with Crippen molar-refractivity contribution >= 4 is 0 Å². The Balaban J connectivity index is -0.000000107. The minimum Gasteiger partial charge on any atom is -0.854 e. The van der Waals surface area contributed by atoms with Gasteiger partial charge in [-0.1, -0.05) is 39.5 Å². The van der Waals surface area contributed by atoms with E-state index in [0.29, 0.717) is 0 Å². The van der Waals surface area contributed by atoms with E-state index in [1.165, 1.54) is 0 Å². The molecule has 0 unspecified atom stereocenters. The Labute approximate surface area is 84.3 Å². The SMILES string of the molecule is CCCC[O-].CCCC[O-].[Mo+2]. The Morgan fingerprint density at radius 3 is 1.09 bits per heavy atom. The van der Waals surface area contributed by atoms with Crippen molar-refractivity contribution in [2.24, 2.45) is 0 Å². The van der Waals surface area contributed by atoms with Gasteiger partial charge in [0.25, 0.3) is 0 Å². The maximum atomic E-state index is 9.53. The molecule has 2 nitrogen and oxygen atoms in total. The number of unbranched alkanes of at least 4 members (excludes halogenated alkanes) is 2. The molecule has 0 radical (unpaired) electrons. The summed E-state index contributed by atoms with van der Waals surface area (Å²) in [4.78, 5) is 0. The van der Waals surface area contributed by atoms with Crippen molar-refractivity contribution in [1.82, 2.24) is 0 Å². The molecule has 0 fully saturated rings. The van der Waals surface area contributed by atoms with Crippen LogP contribution in [0, 0.1) is 0 Å². The molecule has 0 aromatic heterocycles. The van der Waals surface area contributed by atoms with Crippen LogP contribution in [0.4, 0.5) is 0 Å². The summed E-state index contributed by atoms with van der Waals surface area (Å²) >= 11 is 0. The van der Waals surface area contributed by atoms with E-state index in [9.17, 15) is 10.2 Å². The molecule has 68 valence electrons. The second-order valence-corrected chi connectivity index (χ2v) is 2.12. The predicted octanol–water partition coefficient (Wildman–Crippen LogP) is 0.291. The molecular formula is C8H18MoO2. The third-order valence-electron chi connectivity index (χ3n) is 0.996. The Kier molecular flexibility index (Phi) is 35.9. The van der Waals surface area contributed by atoms with Crippen molar-refractivity contribution in [2.45, 2.75) is 39.5 Å². The molecule has 0 heterocycles. The van der Waals surface area contributed by atoms with Gasteiger partial charge in [0.2, 0.25) is 0 Å². The minimum absolute atomic E-state index is 0. The second-order valence-electron chi connectivity index (χ2n) is 2.12. The normalized spacial score (nSPS) is 7.64. The van der Waals surface area contributed by atoms with Crippen molar-refractivity contribution in [1.29, 1.82) is 0 Å². The van der Waals surface area contributed by atoms with Gasteiger partial charge in [-0.05, 0) is 0 Å². The molecule has 0 aromatic carbocycles. The zero-order valence-electron chi connectivity index (χ0n) is 7.47. The summed E-state index contributed by atoms with van der Waals surface area (Å²) in [5.74, 6) is 0. The Morgan fingerprint density at radius 2 is 1.09 bits per heavy atom. The molecule has 0 atom stereocenters. The molecule has 11 heavy (non-hydrogen) atoms. The molecule has 0 aliphatic carbocycles. The Bertz CT molecular complexity index is 33.1. The van der Waals surface area contributed by atoms with Crippen molar-refractivity contribution in [3.8, 4) is 0 Å². The molecular weight excluding hydrogens is 224 g/mol. The summed E-state index contributed by atoms with van der Waals surface area (Å²) in [5.41, 5.74) is 0. The van der Waals surface area contributed by atoms with E-state index in [1.54, 1.807) is 0 Å². The fourth-order valence-electron chi connectivity index (χ4n) is 0.289. The van der Waals surface area contributed by atoms with Crippen LogP contribution >= 0.6 is 0 Å². The van der Waals surface area contributed by atoms with Gasteiger partial charge in [-0.15, -0.1) is 13.2 Å². The average Bonchev–Trinajstić information content (AvgIpc) is 1.93. The molecule has 0 spiro atoms. The van der Waals surface area contributed by atoms with E-state index in [-0.39, 0.29) is 34.3 Å². The largest absolute Gasteiger partial charge is 2.00 e. The van der Waals surface area contributed by atoms with E-state index >= 15 is 0 Å². The first-order valence-corrected chi connectivity index (χ1v) is 3.99. The molecule has 3 heteroatoms. The number of hydrogen-bond donors (Lipinski definition) is 0. The minimum atomic E-state index is 0. The van der Waals surface area contributed by atoms with Crippen LogP contribution in [0.5, 0.6) is 0 Å².